The van der Waals surface area contributed by atoms with E-state index in [9.17, 15) is 19.2 Å². The maximum Gasteiger partial charge on any atom is 0.332 e. The monoisotopic (exact) mass is 536 g/mol. The van der Waals surface area contributed by atoms with Crippen molar-refractivity contribution >= 4 is 57.0 Å². The lowest BCUT2D eigenvalue weighted by atomic mass is 9.99. The molecule has 11 heteroatoms. The number of benzene rings is 2. The first-order valence-corrected chi connectivity index (χ1v) is 11.2. The van der Waals surface area contributed by atoms with Crippen molar-refractivity contribution in [2.24, 2.45) is 5.92 Å². The van der Waals surface area contributed by atoms with Gasteiger partial charge in [-0.1, -0.05) is 46.6 Å². The lowest BCUT2D eigenvalue weighted by molar-refractivity contribution is -0.132. The number of hydrogen-bond donors (Lipinski definition) is 3. The molecule has 1 saturated heterocycles. The summed E-state index contributed by atoms with van der Waals surface area (Å²) in [6.07, 6.45) is -0.133. The van der Waals surface area contributed by atoms with Gasteiger partial charge in [-0.25, -0.2) is 15.2 Å². The van der Waals surface area contributed by atoms with Gasteiger partial charge in [-0.05, 0) is 42.0 Å². The van der Waals surface area contributed by atoms with Gasteiger partial charge in [-0.3, -0.25) is 19.6 Å². The maximum atomic E-state index is 13.4. The summed E-state index contributed by atoms with van der Waals surface area (Å²) in [7, 11) is 0. The Hall–Kier alpha value is -2.95. The number of halogens is 2. The Bertz CT molecular complexity index is 1050. The van der Waals surface area contributed by atoms with Crippen LogP contribution < -0.4 is 15.7 Å². The number of anilines is 1. The Morgan fingerprint density at radius 3 is 2.36 bits per heavy atom. The van der Waals surface area contributed by atoms with Crippen LogP contribution in [0, 0.1) is 5.92 Å². The van der Waals surface area contributed by atoms with Gasteiger partial charge in [0.15, 0.2) is 0 Å². The molecule has 0 spiro atoms. The van der Waals surface area contributed by atoms with E-state index < -0.39 is 35.7 Å². The van der Waals surface area contributed by atoms with E-state index >= 15 is 0 Å². The van der Waals surface area contributed by atoms with Gasteiger partial charge >= 0.3 is 6.03 Å². The number of amides is 5. The van der Waals surface area contributed by atoms with Gasteiger partial charge in [-0.15, -0.1) is 0 Å². The molecule has 2 aromatic rings. The summed E-state index contributed by atoms with van der Waals surface area (Å²) in [5.41, 5.74) is 2.62. The summed E-state index contributed by atoms with van der Waals surface area (Å²) in [4.78, 5) is 53.0. The smallest absolute Gasteiger partial charge is 0.332 e. The zero-order valence-corrected chi connectivity index (χ0v) is 20.0. The summed E-state index contributed by atoms with van der Waals surface area (Å²) < 4.78 is 0.870. The number of nitrogens with one attached hydrogen (secondary N) is 2. The fraction of sp³-hybridized carbons (Fsp3) is 0.273. The lowest BCUT2D eigenvalue weighted by Crippen LogP contribution is -2.46. The minimum Gasteiger partial charge on any atom is -0.355 e. The number of carbonyl (C=O) groups is 4. The van der Waals surface area contributed by atoms with Crippen molar-refractivity contribution in [3.63, 3.8) is 0 Å². The van der Waals surface area contributed by atoms with E-state index in [2.05, 4.69) is 21.2 Å². The van der Waals surface area contributed by atoms with Gasteiger partial charge in [-0.2, -0.15) is 0 Å². The fourth-order valence-corrected chi connectivity index (χ4v) is 3.92. The summed E-state index contributed by atoms with van der Waals surface area (Å²) in [5, 5.41) is 11.6. The summed E-state index contributed by atoms with van der Waals surface area (Å²) in [6, 6.07) is 12.0. The third-order valence-corrected chi connectivity index (χ3v) is 6.04. The molecular formula is C22H22BrClN4O5. The van der Waals surface area contributed by atoms with Crippen LogP contribution in [0.15, 0.2) is 53.0 Å². The maximum absolute atomic E-state index is 13.4. The molecule has 174 valence electrons. The van der Waals surface area contributed by atoms with Crippen molar-refractivity contribution in [2.45, 2.75) is 25.9 Å². The molecule has 0 radical (unpaired) electrons. The number of nitrogens with zero attached hydrogens (tertiary/aromatic N) is 2. The van der Waals surface area contributed by atoms with Crippen molar-refractivity contribution in [2.75, 3.05) is 11.4 Å². The number of urea groups is 1. The first-order valence-electron chi connectivity index (χ1n) is 10.1. The van der Waals surface area contributed by atoms with Crippen LogP contribution in [-0.2, 0) is 20.9 Å². The molecule has 0 saturated carbocycles. The standard InChI is InChI=1S/C22H22BrClN4O5/c1-13(20(30)25-11-10-18(29)26-33)19-21(31)28(17-8-6-16(24)7-9-17)22(32)27(19)12-14-2-4-15(23)5-3-14/h2-9,13,19,33H,10-12H2,1H3,(H,25,30)(H,26,29). The quantitative estimate of drug-likeness (QED) is 0.272. The molecule has 0 aromatic heterocycles. The molecule has 1 fully saturated rings. The van der Waals surface area contributed by atoms with Crippen LogP contribution in [0.3, 0.4) is 0 Å². The number of imide groups is 1. The molecule has 2 atom stereocenters. The van der Waals surface area contributed by atoms with E-state index in [1.807, 2.05) is 24.3 Å². The van der Waals surface area contributed by atoms with Crippen molar-refractivity contribution in [3.8, 4) is 0 Å². The second-order valence-electron chi connectivity index (χ2n) is 7.50. The number of hydroxylamine groups is 1. The topological polar surface area (TPSA) is 119 Å². The normalized spacial score (nSPS) is 16.7. The van der Waals surface area contributed by atoms with Gasteiger partial charge < -0.3 is 10.2 Å². The minimum absolute atomic E-state index is 0.0297. The fourth-order valence-electron chi connectivity index (χ4n) is 3.53. The van der Waals surface area contributed by atoms with Crippen molar-refractivity contribution in [1.82, 2.24) is 15.7 Å². The molecule has 1 aliphatic rings. The van der Waals surface area contributed by atoms with E-state index in [4.69, 9.17) is 16.8 Å². The summed E-state index contributed by atoms with van der Waals surface area (Å²) >= 11 is 9.31. The minimum atomic E-state index is -1.05. The molecule has 1 aliphatic heterocycles. The van der Waals surface area contributed by atoms with Crippen LogP contribution >= 0.6 is 27.5 Å². The Labute approximate surface area is 203 Å². The van der Waals surface area contributed by atoms with Gasteiger partial charge in [0.1, 0.15) is 6.04 Å². The number of hydrogen-bond acceptors (Lipinski definition) is 5. The number of carbonyl (C=O) groups excluding carboxylic acids is 4. The van der Waals surface area contributed by atoms with Gasteiger partial charge in [0, 0.05) is 29.0 Å². The lowest BCUT2D eigenvalue weighted by Gasteiger charge is -2.26. The number of rotatable bonds is 8. The van der Waals surface area contributed by atoms with E-state index in [1.54, 1.807) is 31.2 Å². The van der Waals surface area contributed by atoms with E-state index in [-0.39, 0.29) is 19.5 Å². The van der Waals surface area contributed by atoms with Crippen LogP contribution in [0.1, 0.15) is 18.9 Å². The Morgan fingerprint density at radius 2 is 1.76 bits per heavy atom. The highest BCUT2D eigenvalue weighted by atomic mass is 79.9. The first-order chi connectivity index (χ1) is 15.7. The molecule has 1 heterocycles. The highest BCUT2D eigenvalue weighted by Gasteiger charge is 2.49. The van der Waals surface area contributed by atoms with Gasteiger partial charge in [0.2, 0.25) is 11.8 Å². The molecule has 0 aliphatic carbocycles. The Balaban J connectivity index is 1.87. The van der Waals surface area contributed by atoms with Crippen molar-refractivity contribution in [3.05, 3.63) is 63.6 Å². The molecule has 2 unspecified atom stereocenters. The summed E-state index contributed by atoms with van der Waals surface area (Å²) in [6.45, 7) is 1.65. The molecule has 33 heavy (non-hydrogen) atoms. The SMILES string of the molecule is CC(C(=O)NCCC(=O)NO)C1C(=O)N(c2ccc(Cl)cc2)C(=O)N1Cc1ccc(Br)cc1. The molecule has 3 N–H and O–H groups in total. The predicted octanol–water partition coefficient (Wildman–Crippen LogP) is 3.09. The van der Waals surface area contributed by atoms with E-state index in [0.717, 1.165) is 14.9 Å². The summed E-state index contributed by atoms with van der Waals surface area (Å²) in [5.74, 6) is -2.58. The van der Waals surface area contributed by atoms with Crippen LogP contribution in [0.2, 0.25) is 5.02 Å². The zero-order chi connectivity index (χ0) is 24.1. The highest BCUT2D eigenvalue weighted by molar-refractivity contribution is 9.10. The van der Waals surface area contributed by atoms with Crippen LogP contribution in [-0.4, -0.2) is 46.4 Å². The molecule has 9 nitrogen and oxygen atoms in total. The van der Waals surface area contributed by atoms with Crippen molar-refractivity contribution in [1.29, 1.82) is 0 Å². The van der Waals surface area contributed by atoms with Crippen LogP contribution in [0.5, 0.6) is 0 Å². The molecule has 3 rings (SSSR count). The third kappa shape index (κ3) is 5.70. The largest absolute Gasteiger partial charge is 0.355 e. The molecule has 2 aromatic carbocycles. The Morgan fingerprint density at radius 1 is 1.12 bits per heavy atom. The van der Waals surface area contributed by atoms with Crippen LogP contribution in [0.4, 0.5) is 10.5 Å². The predicted molar refractivity (Wildman–Crippen MR) is 125 cm³/mol. The molecule has 5 amide bonds. The highest BCUT2D eigenvalue weighted by Crippen LogP contribution is 2.31. The second kappa shape index (κ2) is 10.8. The molecular weight excluding hydrogens is 516 g/mol. The van der Waals surface area contributed by atoms with E-state index in [1.165, 1.54) is 10.4 Å². The third-order valence-electron chi connectivity index (χ3n) is 5.26. The zero-order valence-electron chi connectivity index (χ0n) is 17.6. The van der Waals surface area contributed by atoms with E-state index in [0.29, 0.717) is 10.7 Å². The molecule has 0 bridgehead atoms. The van der Waals surface area contributed by atoms with Crippen molar-refractivity contribution < 1.29 is 24.4 Å². The Kier molecular flexibility index (Phi) is 8.06. The first kappa shape index (κ1) is 24.7. The van der Waals surface area contributed by atoms with Gasteiger partial charge in [0.05, 0.1) is 11.6 Å². The second-order valence-corrected chi connectivity index (χ2v) is 8.85. The average molecular weight is 538 g/mol. The average Bonchev–Trinajstić information content (AvgIpc) is 3.04. The van der Waals surface area contributed by atoms with Crippen LogP contribution in [0.25, 0.3) is 0 Å². The van der Waals surface area contributed by atoms with Gasteiger partial charge in [0.25, 0.3) is 5.91 Å².